The van der Waals surface area contributed by atoms with E-state index in [2.05, 4.69) is 10.5 Å². The van der Waals surface area contributed by atoms with E-state index in [1.54, 1.807) is 25.1 Å². The van der Waals surface area contributed by atoms with Gasteiger partial charge in [-0.05, 0) is 18.4 Å². The van der Waals surface area contributed by atoms with Crippen molar-refractivity contribution in [1.82, 2.24) is 10.1 Å². The van der Waals surface area contributed by atoms with Crippen molar-refractivity contribution in [2.24, 2.45) is 0 Å². The number of nitrogens with zero attached hydrogens (tertiary/aromatic N) is 2. The number of nitrogens with one attached hydrogen (secondary N) is 1. The molecule has 0 saturated heterocycles. The summed E-state index contributed by atoms with van der Waals surface area (Å²) in [6.07, 6.45) is 0.206. The summed E-state index contributed by atoms with van der Waals surface area (Å²) >= 11 is 1.35. The van der Waals surface area contributed by atoms with E-state index in [-0.39, 0.29) is 37.0 Å². The number of anilines is 1. The van der Waals surface area contributed by atoms with Crippen molar-refractivity contribution in [1.29, 1.82) is 0 Å². The number of rotatable bonds is 7. The SMILES string of the molecule is Cc1cc(NC(=O)CN(C)C(=O)CCC(=O)c2cccs2)no1. The second kappa shape index (κ2) is 7.68. The molecule has 2 heterocycles. The van der Waals surface area contributed by atoms with Gasteiger partial charge in [-0.25, -0.2) is 0 Å². The molecule has 0 aliphatic rings. The number of aryl methyl sites for hydroxylation is 1. The Kier molecular flexibility index (Phi) is 5.64. The van der Waals surface area contributed by atoms with Crippen LogP contribution < -0.4 is 5.32 Å². The molecule has 0 saturated carbocycles. The molecule has 1 N–H and O–H groups in total. The standard InChI is InChI=1S/C15H17N3O4S/c1-10-8-13(17-22-10)16-14(20)9-18(2)15(21)6-5-11(19)12-4-3-7-23-12/h3-4,7-8H,5-6,9H2,1-2H3,(H,16,17,20). The zero-order valence-corrected chi connectivity index (χ0v) is 13.7. The molecular formula is C15H17N3O4S. The lowest BCUT2D eigenvalue weighted by Crippen LogP contribution is -2.35. The Labute approximate surface area is 137 Å². The number of aromatic nitrogens is 1. The van der Waals surface area contributed by atoms with Crippen LogP contribution in [0.25, 0.3) is 0 Å². The molecule has 23 heavy (non-hydrogen) atoms. The average molecular weight is 335 g/mol. The zero-order chi connectivity index (χ0) is 16.8. The van der Waals surface area contributed by atoms with Crippen molar-refractivity contribution in [3.8, 4) is 0 Å². The molecule has 0 aliphatic carbocycles. The monoisotopic (exact) mass is 335 g/mol. The lowest BCUT2D eigenvalue weighted by molar-refractivity contribution is -0.133. The number of hydrogen-bond donors (Lipinski definition) is 1. The van der Waals surface area contributed by atoms with Crippen molar-refractivity contribution in [2.75, 3.05) is 18.9 Å². The van der Waals surface area contributed by atoms with Gasteiger partial charge >= 0.3 is 0 Å². The second-order valence-corrected chi connectivity index (χ2v) is 5.97. The van der Waals surface area contributed by atoms with E-state index in [4.69, 9.17) is 4.52 Å². The summed E-state index contributed by atoms with van der Waals surface area (Å²) in [7, 11) is 1.52. The van der Waals surface area contributed by atoms with Crippen molar-refractivity contribution in [2.45, 2.75) is 19.8 Å². The van der Waals surface area contributed by atoms with Gasteiger partial charge in [0.15, 0.2) is 11.6 Å². The van der Waals surface area contributed by atoms with Crippen LogP contribution in [0.4, 0.5) is 5.82 Å². The number of ketones is 1. The second-order valence-electron chi connectivity index (χ2n) is 5.02. The largest absolute Gasteiger partial charge is 0.360 e. The van der Waals surface area contributed by atoms with Gasteiger partial charge in [0.2, 0.25) is 11.8 Å². The number of carbonyl (C=O) groups is 3. The van der Waals surface area contributed by atoms with Crippen LogP contribution in [-0.4, -0.2) is 41.2 Å². The van der Waals surface area contributed by atoms with Gasteiger partial charge in [-0.2, -0.15) is 0 Å². The fourth-order valence-electron chi connectivity index (χ4n) is 1.88. The molecule has 0 aromatic carbocycles. The summed E-state index contributed by atoms with van der Waals surface area (Å²) in [6.45, 7) is 1.60. The van der Waals surface area contributed by atoms with E-state index >= 15 is 0 Å². The van der Waals surface area contributed by atoms with Crippen molar-refractivity contribution in [3.63, 3.8) is 0 Å². The van der Waals surface area contributed by atoms with E-state index in [0.29, 0.717) is 16.5 Å². The van der Waals surface area contributed by atoms with Gasteiger partial charge in [0.1, 0.15) is 5.76 Å². The van der Waals surface area contributed by atoms with Gasteiger partial charge in [-0.15, -0.1) is 11.3 Å². The van der Waals surface area contributed by atoms with Crippen LogP contribution in [0.2, 0.25) is 0 Å². The third-order valence-electron chi connectivity index (χ3n) is 3.06. The van der Waals surface area contributed by atoms with Crippen LogP contribution in [0.5, 0.6) is 0 Å². The van der Waals surface area contributed by atoms with Crippen LogP contribution in [0.15, 0.2) is 28.1 Å². The molecular weight excluding hydrogens is 318 g/mol. The van der Waals surface area contributed by atoms with Crippen LogP contribution in [0.1, 0.15) is 28.3 Å². The fourth-order valence-corrected chi connectivity index (χ4v) is 2.58. The Morgan fingerprint density at radius 1 is 1.35 bits per heavy atom. The minimum Gasteiger partial charge on any atom is -0.360 e. The number of hydrogen-bond acceptors (Lipinski definition) is 6. The molecule has 2 amide bonds. The summed E-state index contributed by atoms with van der Waals surface area (Å²) in [4.78, 5) is 37.5. The molecule has 0 spiro atoms. The van der Waals surface area contributed by atoms with Crippen LogP contribution in [0.3, 0.4) is 0 Å². The Bertz CT molecular complexity index is 693. The van der Waals surface area contributed by atoms with Gasteiger partial charge in [0, 0.05) is 26.0 Å². The number of Topliss-reactive ketones (excluding diaryl/α,β-unsaturated/α-hetero) is 1. The molecule has 8 heteroatoms. The highest BCUT2D eigenvalue weighted by Crippen LogP contribution is 2.13. The molecule has 0 radical (unpaired) electrons. The van der Waals surface area contributed by atoms with Crippen molar-refractivity contribution in [3.05, 3.63) is 34.2 Å². The molecule has 0 unspecified atom stereocenters. The van der Waals surface area contributed by atoms with E-state index in [9.17, 15) is 14.4 Å². The molecule has 0 bridgehead atoms. The highest BCUT2D eigenvalue weighted by atomic mass is 32.1. The minimum atomic E-state index is -0.376. The van der Waals surface area contributed by atoms with Crippen molar-refractivity contribution >= 4 is 34.8 Å². The average Bonchev–Trinajstić information content (AvgIpc) is 3.16. The molecule has 2 rings (SSSR count). The topological polar surface area (TPSA) is 92.5 Å². The molecule has 0 aliphatic heterocycles. The van der Waals surface area contributed by atoms with Crippen molar-refractivity contribution < 1.29 is 18.9 Å². The first-order valence-electron chi connectivity index (χ1n) is 6.99. The first-order chi connectivity index (χ1) is 11.0. The molecule has 122 valence electrons. The fraction of sp³-hybridized carbons (Fsp3) is 0.333. The van der Waals surface area contributed by atoms with Gasteiger partial charge in [-0.1, -0.05) is 11.2 Å². The Hall–Kier alpha value is -2.48. The number of likely N-dealkylation sites (N-methyl/N-ethyl adjacent to an activating group) is 1. The molecule has 7 nitrogen and oxygen atoms in total. The van der Waals surface area contributed by atoms with Crippen LogP contribution in [0, 0.1) is 6.92 Å². The Morgan fingerprint density at radius 3 is 2.74 bits per heavy atom. The first-order valence-corrected chi connectivity index (χ1v) is 7.87. The first kappa shape index (κ1) is 16.9. The molecule has 0 fully saturated rings. The predicted molar refractivity (Wildman–Crippen MR) is 85.4 cm³/mol. The third kappa shape index (κ3) is 5.03. The van der Waals surface area contributed by atoms with Gasteiger partial charge in [-0.3, -0.25) is 14.4 Å². The lowest BCUT2D eigenvalue weighted by atomic mass is 10.2. The van der Waals surface area contributed by atoms with E-state index in [0.717, 1.165) is 0 Å². The number of thiophene rings is 1. The maximum atomic E-state index is 12.0. The number of amides is 2. The third-order valence-corrected chi connectivity index (χ3v) is 3.97. The highest BCUT2D eigenvalue weighted by molar-refractivity contribution is 7.12. The smallest absolute Gasteiger partial charge is 0.245 e. The van der Waals surface area contributed by atoms with E-state index in [1.165, 1.54) is 23.3 Å². The lowest BCUT2D eigenvalue weighted by Gasteiger charge is -2.15. The normalized spacial score (nSPS) is 10.3. The Balaban J connectivity index is 1.76. The quantitative estimate of drug-likeness (QED) is 0.782. The molecule has 0 atom stereocenters. The summed E-state index contributed by atoms with van der Waals surface area (Å²) in [5.74, 6) is 0.183. The summed E-state index contributed by atoms with van der Waals surface area (Å²) in [5.41, 5.74) is 0. The summed E-state index contributed by atoms with van der Waals surface area (Å²) in [6, 6.07) is 5.11. The zero-order valence-electron chi connectivity index (χ0n) is 12.9. The maximum absolute atomic E-state index is 12.0. The van der Waals surface area contributed by atoms with Crippen LogP contribution in [-0.2, 0) is 9.59 Å². The van der Waals surface area contributed by atoms with Gasteiger partial charge < -0.3 is 14.7 Å². The minimum absolute atomic E-state index is 0.0655. The van der Waals surface area contributed by atoms with E-state index < -0.39 is 0 Å². The summed E-state index contributed by atoms with van der Waals surface area (Å²) in [5, 5.41) is 7.99. The van der Waals surface area contributed by atoms with Crippen LogP contribution >= 0.6 is 11.3 Å². The molecule has 2 aromatic rings. The maximum Gasteiger partial charge on any atom is 0.245 e. The van der Waals surface area contributed by atoms with Gasteiger partial charge in [0.05, 0.1) is 11.4 Å². The molecule has 2 aromatic heterocycles. The predicted octanol–water partition coefficient (Wildman–Crippen LogP) is 2.10. The summed E-state index contributed by atoms with van der Waals surface area (Å²) < 4.78 is 4.84. The van der Waals surface area contributed by atoms with E-state index in [1.807, 2.05) is 5.38 Å². The van der Waals surface area contributed by atoms with Gasteiger partial charge in [0.25, 0.3) is 0 Å². The Morgan fingerprint density at radius 2 is 2.13 bits per heavy atom. The number of carbonyl (C=O) groups excluding carboxylic acids is 3. The highest BCUT2D eigenvalue weighted by Gasteiger charge is 2.16.